The molecule has 3 nitrogen and oxygen atoms in total. The van der Waals surface area contributed by atoms with Crippen LogP contribution in [0.25, 0.3) is 11.6 Å². The summed E-state index contributed by atoms with van der Waals surface area (Å²) in [7, 11) is 0. The highest BCUT2D eigenvalue weighted by atomic mass is 19.3. The number of hydrogen-bond acceptors (Lipinski definition) is 2. The molecule has 0 radical (unpaired) electrons. The van der Waals surface area contributed by atoms with Crippen molar-refractivity contribution in [2.75, 3.05) is 13.1 Å². The van der Waals surface area contributed by atoms with Crippen molar-refractivity contribution < 1.29 is 18.3 Å². The van der Waals surface area contributed by atoms with Gasteiger partial charge in [0.2, 0.25) is 5.91 Å². The predicted molar refractivity (Wildman–Crippen MR) is 97.7 cm³/mol. The van der Waals surface area contributed by atoms with Crippen molar-refractivity contribution in [2.45, 2.75) is 13.0 Å². The summed E-state index contributed by atoms with van der Waals surface area (Å²) in [5.41, 5.74) is 2.85. The number of halogens is 2. The van der Waals surface area contributed by atoms with Gasteiger partial charge in [0.25, 0.3) is 0 Å². The van der Waals surface area contributed by atoms with Crippen molar-refractivity contribution in [3.05, 3.63) is 77.9 Å². The van der Waals surface area contributed by atoms with Crippen LogP contribution in [0.3, 0.4) is 0 Å². The van der Waals surface area contributed by atoms with Crippen LogP contribution in [0.4, 0.5) is 8.78 Å². The molecule has 1 amide bonds. The summed E-state index contributed by atoms with van der Waals surface area (Å²) in [6.45, 7) is -1.74. The van der Waals surface area contributed by atoms with Crippen LogP contribution in [0.2, 0.25) is 0 Å². The molecule has 134 valence electrons. The van der Waals surface area contributed by atoms with Crippen molar-refractivity contribution in [1.82, 2.24) is 4.90 Å². The van der Waals surface area contributed by atoms with Gasteiger partial charge in [-0.1, -0.05) is 54.6 Å². The van der Waals surface area contributed by atoms with Crippen LogP contribution >= 0.6 is 0 Å². The number of ether oxygens (including phenoxy) is 1. The highest BCUT2D eigenvalue weighted by Crippen LogP contribution is 2.23. The van der Waals surface area contributed by atoms with Crippen LogP contribution in [-0.2, 0) is 4.79 Å². The summed E-state index contributed by atoms with van der Waals surface area (Å²) < 4.78 is 29.3. The van der Waals surface area contributed by atoms with Crippen molar-refractivity contribution >= 4 is 17.6 Å². The van der Waals surface area contributed by atoms with E-state index in [1.54, 1.807) is 23.1 Å². The second-order valence-electron chi connectivity index (χ2n) is 5.88. The molecule has 0 aromatic heterocycles. The van der Waals surface area contributed by atoms with Gasteiger partial charge >= 0.3 is 6.61 Å². The Bertz CT molecular complexity index is 816. The SMILES string of the molecule is O=C(C=Cc1ccccc1OC(F)F)N1CC=C(c2ccccc2)CC1. The molecule has 1 heterocycles. The fourth-order valence-corrected chi connectivity index (χ4v) is 2.87. The maximum Gasteiger partial charge on any atom is 0.387 e. The molecule has 1 aliphatic rings. The summed E-state index contributed by atoms with van der Waals surface area (Å²) in [4.78, 5) is 14.1. The fraction of sp³-hybridized carbons (Fsp3) is 0.190. The first-order valence-electron chi connectivity index (χ1n) is 8.39. The minimum atomic E-state index is -2.90. The summed E-state index contributed by atoms with van der Waals surface area (Å²) in [5.74, 6) is -0.100. The number of alkyl halides is 2. The molecule has 26 heavy (non-hydrogen) atoms. The third-order valence-corrected chi connectivity index (χ3v) is 4.21. The Morgan fingerprint density at radius 2 is 1.81 bits per heavy atom. The number of benzene rings is 2. The van der Waals surface area contributed by atoms with E-state index in [0.717, 1.165) is 6.42 Å². The number of rotatable bonds is 5. The molecule has 0 aliphatic carbocycles. The zero-order chi connectivity index (χ0) is 18.4. The Morgan fingerprint density at radius 1 is 1.08 bits per heavy atom. The molecule has 0 unspecified atom stereocenters. The van der Waals surface area contributed by atoms with Crippen LogP contribution in [0, 0.1) is 0 Å². The smallest absolute Gasteiger partial charge is 0.387 e. The summed E-state index contributed by atoms with van der Waals surface area (Å²) in [6, 6.07) is 16.5. The van der Waals surface area contributed by atoms with Gasteiger partial charge in [-0.3, -0.25) is 4.79 Å². The van der Waals surface area contributed by atoms with Gasteiger partial charge in [-0.05, 0) is 29.7 Å². The van der Waals surface area contributed by atoms with Crippen molar-refractivity contribution in [1.29, 1.82) is 0 Å². The third kappa shape index (κ3) is 4.57. The summed E-state index contributed by atoms with van der Waals surface area (Å²) >= 11 is 0. The molecule has 0 spiro atoms. The van der Waals surface area contributed by atoms with Crippen LogP contribution in [0.1, 0.15) is 17.5 Å². The fourth-order valence-electron chi connectivity index (χ4n) is 2.87. The molecule has 1 aliphatic heterocycles. The molecule has 5 heteroatoms. The van der Waals surface area contributed by atoms with Gasteiger partial charge in [-0.15, -0.1) is 0 Å². The second kappa shape index (κ2) is 8.43. The average molecular weight is 355 g/mol. The van der Waals surface area contributed by atoms with Gasteiger partial charge in [0, 0.05) is 24.7 Å². The molecular weight excluding hydrogens is 336 g/mol. The minimum absolute atomic E-state index is 0.0523. The van der Waals surface area contributed by atoms with E-state index in [1.807, 2.05) is 18.2 Å². The number of amides is 1. The Hall–Kier alpha value is -2.95. The van der Waals surface area contributed by atoms with E-state index in [9.17, 15) is 13.6 Å². The van der Waals surface area contributed by atoms with Gasteiger partial charge in [-0.25, -0.2) is 0 Å². The second-order valence-corrected chi connectivity index (χ2v) is 5.88. The average Bonchev–Trinajstić information content (AvgIpc) is 2.67. The van der Waals surface area contributed by atoms with E-state index < -0.39 is 6.61 Å². The third-order valence-electron chi connectivity index (χ3n) is 4.21. The first kappa shape index (κ1) is 17.9. The van der Waals surface area contributed by atoms with Gasteiger partial charge in [0.15, 0.2) is 0 Å². The van der Waals surface area contributed by atoms with E-state index in [0.29, 0.717) is 18.7 Å². The van der Waals surface area contributed by atoms with Crippen molar-refractivity contribution in [3.8, 4) is 5.75 Å². The monoisotopic (exact) mass is 355 g/mol. The van der Waals surface area contributed by atoms with Gasteiger partial charge in [-0.2, -0.15) is 8.78 Å². The topological polar surface area (TPSA) is 29.5 Å². The number of para-hydroxylation sites is 1. The van der Waals surface area contributed by atoms with E-state index in [2.05, 4.69) is 22.9 Å². The van der Waals surface area contributed by atoms with Gasteiger partial charge in [0.1, 0.15) is 5.75 Å². The van der Waals surface area contributed by atoms with Gasteiger partial charge in [0.05, 0.1) is 0 Å². The molecule has 0 atom stereocenters. The lowest BCUT2D eigenvalue weighted by atomic mass is 9.99. The largest absolute Gasteiger partial charge is 0.434 e. The maximum atomic E-state index is 12.4. The Morgan fingerprint density at radius 3 is 2.50 bits per heavy atom. The Balaban J connectivity index is 1.65. The van der Waals surface area contributed by atoms with Crippen molar-refractivity contribution in [2.24, 2.45) is 0 Å². The molecule has 0 saturated heterocycles. The Labute approximate surface area is 151 Å². The normalized spacial score (nSPS) is 14.6. The lowest BCUT2D eigenvalue weighted by Gasteiger charge is -2.25. The highest BCUT2D eigenvalue weighted by Gasteiger charge is 2.16. The van der Waals surface area contributed by atoms with E-state index >= 15 is 0 Å². The predicted octanol–water partition coefficient (Wildman–Crippen LogP) is 4.62. The van der Waals surface area contributed by atoms with Crippen LogP contribution in [0.15, 0.2) is 66.7 Å². The van der Waals surface area contributed by atoms with E-state index in [4.69, 9.17) is 0 Å². The molecule has 2 aromatic carbocycles. The van der Waals surface area contributed by atoms with Crippen LogP contribution < -0.4 is 4.74 Å². The first-order chi connectivity index (χ1) is 12.6. The molecule has 2 aromatic rings. The number of carbonyl (C=O) groups excluding carboxylic acids is 1. The zero-order valence-electron chi connectivity index (χ0n) is 14.1. The standard InChI is InChI=1S/C21H19F2NO2/c22-21(23)26-19-9-5-4-8-18(19)10-11-20(25)24-14-12-17(13-15-24)16-6-2-1-3-7-16/h1-12,21H,13-15H2. The molecule has 0 saturated carbocycles. The number of carbonyl (C=O) groups is 1. The van der Waals surface area contributed by atoms with E-state index in [1.165, 1.54) is 29.4 Å². The highest BCUT2D eigenvalue weighted by molar-refractivity contribution is 5.92. The molecule has 0 N–H and O–H groups in total. The lowest BCUT2D eigenvalue weighted by molar-refractivity contribution is -0.125. The Kier molecular flexibility index (Phi) is 5.79. The van der Waals surface area contributed by atoms with Crippen LogP contribution in [0.5, 0.6) is 5.75 Å². The molecule has 3 rings (SSSR count). The summed E-state index contributed by atoms with van der Waals surface area (Å²) in [5, 5.41) is 0. The number of hydrogen-bond donors (Lipinski definition) is 0. The minimum Gasteiger partial charge on any atom is -0.434 e. The van der Waals surface area contributed by atoms with E-state index in [-0.39, 0.29) is 11.7 Å². The zero-order valence-corrected chi connectivity index (χ0v) is 14.1. The summed E-state index contributed by atoms with van der Waals surface area (Å²) in [6.07, 6.45) is 5.75. The quantitative estimate of drug-likeness (QED) is 0.733. The molecule has 0 fully saturated rings. The molecular formula is C21H19F2NO2. The lowest BCUT2D eigenvalue weighted by Crippen LogP contribution is -2.33. The first-order valence-corrected chi connectivity index (χ1v) is 8.39. The van der Waals surface area contributed by atoms with Crippen molar-refractivity contribution in [3.63, 3.8) is 0 Å². The molecule has 0 bridgehead atoms. The number of nitrogens with zero attached hydrogens (tertiary/aromatic N) is 1. The van der Waals surface area contributed by atoms with Crippen LogP contribution in [-0.4, -0.2) is 30.5 Å². The van der Waals surface area contributed by atoms with Gasteiger partial charge < -0.3 is 9.64 Å². The maximum absolute atomic E-state index is 12.4.